The topological polar surface area (TPSA) is 41.9 Å². The molecule has 0 bridgehead atoms. The Balaban J connectivity index is 2.14. The molecule has 2 aromatic heterocycles. The molecule has 4 nitrogen and oxygen atoms in total. The van der Waals surface area contributed by atoms with Crippen LogP contribution >= 0.6 is 23.2 Å². The Morgan fingerprint density at radius 1 is 1.37 bits per heavy atom. The molecule has 0 atom stereocenters. The van der Waals surface area contributed by atoms with Crippen LogP contribution in [-0.2, 0) is 0 Å². The molecule has 1 fully saturated rings. The van der Waals surface area contributed by atoms with Gasteiger partial charge in [-0.2, -0.15) is 4.98 Å². The minimum atomic E-state index is -0.662. The molecule has 7 heteroatoms. The van der Waals surface area contributed by atoms with Gasteiger partial charge in [0.15, 0.2) is 11.0 Å². The first kappa shape index (κ1) is 12.8. The maximum absolute atomic E-state index is 13.9. The Hall–Kier alpha value is -1.20. The second-order valence-electron chi connectivity index (χ2n) is 4.77. The molecule has 1 aliphatic carbocycles. The molecule has 0 amide bonds. The van der Waals surface area contributed by atoms with Crippen LogP contribution in [0, 0.1) is 11.7 Å². The maximum atomic E-state index is 13.9. The van der Waals surface area contributed by atoms with Crippen molar-refractivity contribution in [3.8, 4) is 0 Å². The zero-order valence-electron chi connectivity index (χ0n) is 10.2. The van der Waals surface area contributed by atoms with E-state index >= 15 is 0 Å². The highest BCUT2D eigenvalue weighted by Gasteiger charge is 2.25. The van der Waals surface area contributed by atoms with Crippen molar-refractivity contribution < 1.29 is 4.39 Å². The highest BCUT2D eigenvalue weighted by Crippen LogP contribution is 2.33. The Kier molecular flexibility index (Phi) is 3.19. The quantitative estimate of drug-likeness (QED) is 0.644. The molecule has 1 saturated carbocycles. The van der Waals surface area contributed by atoms with Gasteiger partial charge in [-0.1, -0.05) is 11.6 Å². The van der Waals surface area contributed by atoms with E-state index in [9.17, 15) is 4.39 Å². The van der Waals surface area contributed by atoms with E-state index in [0.29, 0.717) is 17.1 Å². The van der Waals surface area contributed by atoms with Gasteiger partial charge in [0.25, 0.3) is 0 Å². The van der Waals surface area contributed by atoms with Crippen molar-refractivity contribution in [1.29, 1.82) is 0 Å². The van der Waals surface area contributed by atoms with Crippen LogP contribution in [-0.4, -0.2) is 28.5 Å². The predicted octanol–water partition coefficient (Wildman–Crippen LogP) is 3.32. The van der Waals surface area contributed by atoms with Crippen LogP contribution in [0.5, 0.6) is 0 Å². The standard InChI is InChI=1S/C12H11Cl2FN4/c1-19(5-6-2-3-6)11-7-4-16-10(13)8(15)9(7)17-12(14)18-11/h4,6H,2-3,5H2,1H3. The predicted molar refractivity (Wildman–Crippen MR) is 73.3 cm³/mol. The number of nitrogens with zero attached hydrogens (tertiary/aromatic N) is 4. The Morgan fingerprint density at radius 3 is 2.79 bits per heavy atom. The van der Waals surface area contributed by atoms with E-state index < -0.39 is 5.82 Å². The third-order valence-electron chi connectivity index (χ3n) is 3.18. The van der Waals surface area contributed by atoms with E-state index in [1.54, 1.807) is 0 Å². The molecule has 0 aliphatic heterocycles. The van der Waals surface area contributed by atoms with Gasteiger partial charge in [-0.05, 0) is 30.4 Å². The molecule has 2 aromatic rings. The van der Waals surface area contributed by atoms with Crippen LogP contribution in [0.4, 0.5) is 10.2 Å². The fourth-order valence-electron chi connectivity index (χ4n) is 2.06. The maximum Gasteiger partial charge on any atom is 0.225 e. The summed E-state index contributed by atoms with van der Waals surface area (Å²) < 4.78 is 13.9. The van der Waals surface area contributed by atoms with E-state index in [1.165, 1.54) is 19.0 Å². The lowest BCUT2D eigenvalue weighted by Gasteiger charge is -2.19. The van der Waals surface area contributed by atoms with Gasteiger partial charge in [0.2, 0.25) is 5.28 Å². The second kappa shape index (κ2) is 4.72. The van der Waals surface area contributed by atoms with Crippen molar-refractivity contribution in [2.45, 2.75) is 12.8 Å². The van der Waals surface area contributed by atoms with Gasteiger partial charge in [-0.15, -0.1) is 0 Å². The molecule has 19 heavy (non-hydrogen) atoms. The van der Waals surface area contributed by atoms with Crippen molar-refractivity contribution in [3.63, 3.8) is 0 Å². The lowest BCUT2D eigenvalue weighted by Crippen LogP contribution is -2.21. The average Bonchev–Trinajstić information content (AvgIpc) is 3.17. The van der Waals surface area contributed by atoms with Crippen molar-refractivity contribution in [1.82, 2.24) is 15.0 Å². The van der Waals surface area contributed by atoms with Gasteiger partial charge in [-0.25, -0.2) is 14.4 Å². The van der Waals surface area contributed by atoms with Crippen LogP contribution in [0.1, 0.15) is 12.8 Å². The van der Waals surface area contributed by atoms with E-state index in [0.717, 1.165) is 6.54 Å². The first-order chi connectivity index (χ1) is 9.06. The lowest BCUT2D eigenvalue weighted by molar-refractivity contribution is 0.631. The summed E-state index contributed by atoms with van der Waals surface area (Å²) in [4.78, 5) is 13.9. The van der Waals surface area contributed by atoms with Gasteiger partial charge in [0.05, 0.1) is 5.39 Å². The fraction of sp³-hybridized carbons (Fsp3) is 0.417. The molecule has 0 spiro atoms. The highest BCUT2D eigenvalue weighted by molar-refractivity contribution is 6.30. The summed E-state index contributed by atoms with van der Waals surface area (Å²) in [6.45, 7) is 0.868. The lowest BCUT2D eigenvalue weighted by atomic mass is 10.2. The van der Waals surface area contributed by atoms with Crippen LogP contribution in [0.25, 0.3) is 10.9 Å². The van der Waals surface area contributed by atoms with Gasteiger partial charge in [-0.3, -0.25) is 0 Å². The summed E-state index contributed by atoms with van der Waals surface area (Å²) in [5.41, 5.74) is 0.109. The number of pyridine rings is 1. The number of aromatic nitrogens is 3. The SMILES string of the molecule is CN(CC1CC1)c1nc(Cl)nc2c(F)c(Cl)ncc12. The minimum Gasteiger partial charge on any atom is -0.359 e. The number of rotatable bonds is 3. The largest absolute Gasteiger partial charge is 0.359 e. The molecular weight excluding hydrogens is 290 g/mol. The van der Waals surface area contributed by atoms with Crippen LogP contribution in [0.2, 0.25) is 10.4 Å². The van der Waals surface area contributed by atoms with E-state index in [4.69, 9.17) is 23.2 Å². The van der Waals surface area contributed by atoms with Crippen molar-refractivity contribution in [2.24, 2.45) is 5.92 Å². The molecule has 1 aliphatic rings. The highest BCUT2D eigenvalue weighted by atomic mass is 35.5. The van der Waals surface area contributed by atoms with Crippen molar-refractivity contribution >= 4 is 39.9 Å². The average molecular weight is 301 g/mol. The third kappa shape index (κ3) is 2.44. The summed E-state index contributed by atoms with van der Waals surface area (Å²) in [5.74, 6) is 0.605. The van der Waals surface area contributed by atoms with Crippen molar-refractivity contribution in [3.05, 3.63) is 22.5 Å². The zero-order valence-corrected chi connectivity index (χ0v) is 11.7. The molecule has 0 radical (unpaired) electrons. The van der Waals surface area contributed by atoms with Crippen LogP contribution < -0.4 is 4.90 Å². The molecule has 0 unspecified atom stereocenters. The summed E-state index contributed by atoms with van der Waals surface area (Å²) in [5, 5.41) is 0.318. The molecule has 0 saturated heterocycles. The normalized spacial score (nSPS) is 14.9. The zero-order chi connectivity index (χ0) is 13.6. The van der Waals surface area contributed by atoms with Crippen LogP contribution in [0.3, 0.4) is 0 Å². The Bertz CT molecular complexity index is 645. The second-order valence-corrected chi connectivity index (χ2v) is 5.46. The number of halogens is 3. The number of hydrogen-bond donors (Lipinski definition) is 0. The van der Waals surface area contributed by atoms with Gasteiger partial charge >= 0.3 is 0 Å². The first-order valence-corrected chi connectivity index (χ1v) is 6.70. The first-order valence-electron chi connectivity index (χ1n) is 5.94. The smallest absolute Gasteiger partial charge is 0.225 e. The molecule has 2 heterocycles. The molecule has 3 rings (SSSR count). The molecule has 0 aromatic carbocycles. The fourth-order valence-corrected chi connectivity index (χ4v) is 2.36. The number of hydrogen-bond acceptors (Lipinski definition) is 4. The van der Waals surface area contributed by atoms with Crippen LogP contribution in [0.15, 0.2) is 6.20 Å². The Labute approximate surface area is 119 Å². The van der Waals surface area contributed by atoms with Gasteiger partial charge in [0, 0.05) is 19.8 Å². The summed E-state index contributed by atoms with van der Waals surface area (Å²) in [6, 6.07) is 0. The van der Waals surface area contributed by atoms with E-state index in [1.807, 2.05) is 11.9 Å². The summed E-state index contributed by atoms with van der Waals surface area (Å²) in [6.07, 6.45) is 3.93. The van der Waals surface area contributed by atoms with Crippen molar-refractivity contribution in [2.75, 3.05) is 18.5 Å². The Morgan fingerprint density at radius 2 is 2.11 bits per heavy atom. The third-order valence-corrected chi connectivity index (χ3v) is 3.62. The van der Waals surface area contributed by atoms with Gasteiger partial charge < -0.3 is 4.90 Å². The molecule has 0 N–H and O–H groups in total. The number of fused-ring (bicyclic) bond motifs is 1. The molecular formula is C12H11Cl2FN4. The van der Waals surface area contributed by atoms with Gasteiger partial charge in [0.1, 0.15) is 11.3 Å². The van der Waals surface area contributed by atoms with E-state index in [-0.39, 0.29) is 16.0 Å². The monoisotopic (exact) mass is 300 g/mol. The summed E-state index contributed by atoms with van der Waals surface area (Å²) in [7, 11) is 1.91. The minimum absolute atomic E-state index is 0.00585. The number of anilines is 1. The summed E-state index contributed by atoms with van der Waals surface area (Å²) >= 11 is 11.5. The molecule has 100 valence electrons. The van der Waals surface area contributed by atoms with E-state index in [2.05, 4.69) is 15.0 Å².